The molecule has 2 aromatic heterocycles. The summed E-state index contributed by atoms with van der Waals surface area (Å²) in [4.78, 5) is 15.7. The number of carbonyl (C=O) groups is 1. The average Bonchev–Trinajstić information content (AvgIpc) is 3.11. The number of amides is 1. The van der Waals surface area contributed by atoms with E-state index in [4.69, 9.17) is 0 Å². The standard InChI is InChI=1S/C17H22N4OS2/c1-12-4-2-8-20(10-12)15(22)11-24-17-19-18-16(14-5-3-9-23-14)21(17)13-6-7-13/h3,5,9,12-13H,2,4,6-8,10-11H2,1H3. The maximum absolute atomic E-state index is 12.5. The minimum atomic E-state index is 0.231. The lowest BCUT2D eigenvalue weighted by atomic mass is 10.0. The third kappa shape index (κ3) is 3.37. The zero-order valence-corrected chi connectivity index (χ0v) is 15.5. The number of hydrogen-bond acceptors (Lipinski definition) is 5. The van der Waals surface area contributed by atoms with E-state index >= 15 is 0 Å². The highest BCUT2D eigenvalue weighted by Gasteiger charge is 2.31. The summed E-state index contributed by atoms with van der Waals surface area (Å²) in [5.74, 6) is 2.26. The summed E-state index contributed by atoms with van der Waals surface area (Å²) in [5, 5.41) is 11.7. The van der Waals surface area contributed by atoms with Gasteiger partial charge in [0.15, 0.2) is 11.0 Å². The molecule has 2 aliphatic rings. The molecular weight excluding hydrogens is 340 g/mol. The molecule has 1 saturated carbocycles. The van der Waals surface area contributed by atoms with Crippen molar-refractivity contribution in [3.8, 4) is 10.7 Å². The van der Waals surface area contributed by atoms with E-state index in [1.54, 1.807) is 11.3 Å². The number of thioether (sulfide) groups is 1. The van der Waals surface area contributed by atoms with Crippen molar-refractivity contribution in [3.63, 3.8) is 0 Å². The summed E-state index contributed by atoms with van der Waals surface area (Å²) < 4.78 is 2.24. The van der Waals surface area contributed by atoms with Crippen molar-refractivity contribution in [1.29, 1.82) is 0 Å². The first kappa shape index (κ1) is 16.1. The lowest BCUT2D eigenvalue weighted by Gasteiger charge is -2.30. The molecule has 0 bridgehead atoms. The fourth-order valence-electron chi connectivity index (χ4n) is 3.24. The first-order valence-electron chi connectivity index (χ1n) is 8.61. The van der Waals surface area contributed by atoms with E-state index in [-0.39, 0.29) is 5.91 Å². The molecule has 1 amide bonds. The summed E-state index contributed by atoms with van der Waals surface area (Å²) in [5.41, 5.74) is 0. The Labute approximate surface area is 150 Å². The third-order valence-corrected chi connectivity index (χ3v) is 6.45. The van der Waals surface area contributed by atoms with E-state index in [1.165, 1.54) is 31.0 Å². The molecule has 24 heavy (non-hydrogen) atoms. The molecule has 1 aliphatic heterocycles. The average molecular weight is 363 g/mol. The lowest BCUT2D eigenvalue weighted by molar-refractivity contribution is -0.130. The van der Waals surface area contributed by atoms with E-state index in [9.17, 15) is 4.79 Å². The molecule has 1 unspecified atom stereocenters. The van der Waals surface area contributed by atoms with Crippen LogP contribution in [0.15, 0.2) is 22.7 Å². The number of rotatable bonds is 5. The van der Waals surface area contributed by atoms with Gasteiger partial charge in [-0.3, -0.25) is 9.36 Å². The Kier molecular flexibility index (Phi) is 4.63. The molecular formula is C17H22N4OS2. The molecule has 1 saturated heterocycles. The van der Waals surface area contributed by atoms with Gasteiger partial charge in [-0.2, -0.15) is 0 Å². The molecule has 128 valence electrons. The van der Waals surface area contributed by atoms with Crippen molar-refractivity contribution >= 4 is 29.0 Å². The van der Waals surface area contributed by atoms with Crippen molar-refractivity contribution in [2.45, 2.75) is 43.8 Å². The highest BCUT2D eigenvalue weighted by molar-refractivity contribution is 7.99. The maximum atomic E-state index is 12.5. The topological polar surface area (TPSA) is 51.0 Å². The Balaban J connectivity index is 1.46. The summed E-state index contributed by atoms with van der Waals surface area (Å²) in [6, 6.07) is 4.63. The fraction of sp³-hybridized carbons (Fsp3) is 0.588. The highest BCUT2D eigenvalue weighted by Crippen LogP contribution is 2.41. The number of piperidine rings is 1. The van der Waals surface area contributed by atoms with Gasteiger partial charge in [0, 0.05) is 19.1 Å². The zero-order valence-electron chi connectivity index (χ0n) is 13.9. The van der Waals surface area contributed by atoms with Crippen LogP contribution < -0.4 is 0 Å². The molecule has 5 nitrogen and oxygen atoms in total. The van der Waals surface area contributed by atoms with Crippen LogP contribution in [0, 0.1) is 5.92 Å². The van der Waals surface area contributed by atoms with Gasteiger partial charge in [-0.25, -0.2) is 0 Å². The Morgan fingerprint density at radius 1 is 1.38 bits per heavy atom. The van der Waals surface area contributed by atoms with E-state index in [0.29, 0.717) is 17.7 Å². The second-order valence-electron chi connectivity index (χ2n) is 6.76. The van der Waals surface area contributed by atoms with Gasteiger partial charge in [-0.15, -0.1) is 21.5 Å². The summed E-state index contributed by atoms with van der Waals surface area (Å²) in [7, 11) is 0. The molecule has 7 heteroatoms. The molecule has 3 heterocycles. The van der Waals surface area contributed by atoms with Crippen molar-refractivity contribution in [1.82, 2.24) is 19.7 Å². The molecule has 0 aromatic carbocycles. The predicted octanol–water partition coefficient (Wildman–Crippen LogP) is 3.69. The Morgan fingerprint density at radius 3 is 2.96 bits per heavy atom. The van der Waals surface area contributed by atoms with E-state index < -0.39 is 0 Å². The maximum Gasteiger partial charge on any atom is 0.233 e. The molecule has 1 aliphatic carbocycles. The van der Waals surface area contributed by atoms with Gasteiger partial charge in [-0.1, -0.05) is 24.8 Å². The van der Waals surface area contributed by atoms with E-state index in [2.05, 4.69) is 33.1 Å². The van der Waals surface area contributed by atoms with E-state index in [1.807, 2.05) is 11.0 Å². The van der Waals surface area contributed by atoms with Crippen molar-refractivity contribution < 1.29 is 4.79 Å². The smallest absolute Gasteiger partial charge is 0.233 e. The molecule has 2 aromatic rings. The number of likely N-dealkylation sites (tertiary alicyclic amines) is 1. The summed E-state index contributed by atoms with van der Waals surface area (Å²) in [6.07, 6.45) is 4.72. The largest absolute Gasteiger partial charge is 0.342 e. The summed E-state index contributed by atoms with van der Waals surface area (Å²) in [6.45, 7) is 4.03. The van der Waals surface area contributed by atoms with Gasteiger partial charge in [0.05, 0.1) is 10.6 Å². The number of nitrogens with zero attached hydrogens (tertiary/aromatic N) is 4. The first-order valence-corrected chi connectivity index (χ1v) is 10.5. The normalized spacial score (nSPS) is 21.2. The molecule has 0 radical (unpaired) electrons. The molecule has 1 atom stereocenters. The third-order valence-electron chi connectivity index (χ3n) is 4.65. The predicted molar refractivity (Wildman–Crippen MR) is 97.3 cm³/mol. The molecule has 0 N–H and O–H groups in total. The highest BCUT2D eigenvalue weighted by atomic mass is 32.2. The van der Waals surface area contributed by atoms with Gasteiger partial charge in [0.25, 0.3) is 0 Å². The van der Waals surface area contributed by atoms with Crippen LogP contribution in [0.4, 0.5) is 0 Å². The Morgan fingerprint density at radius 2 is 2.25 bits per heavy atom. The summed E-state index contributed by atoms with van der Waals surface area (Å²) >= 11 is 3.23. The van der Waals surface area contributed by atoms with Gasteiger partial charge < -0.3 is 4.90 Å². The second kappa shape index (κ2) is 6.88. The second-order valence-corrected chi connectivity index (χ2v) is 8.65. The van der Waals surface area contributed by atoms with Gasteiger partial charge in [0.2, 0.25) is 5.91 Å². The van der Waals surface area contributed by atoms with Crippen molar-refractivity contribution in [2.24, 2.45) is 5.92 Å². The lowest BCUT2D eigenvalue weighted by Crippen LogP contribution is -2.40. The van der Waals surface area contributed by atoms with Crippen LogP contribution in [0.2, 0.25) is 0 Å². The minimum absolute atomic E-state index is 0.231. The number of hydrogen-bond donors (Lipinski definition) is 0. The van der Waals surface area contributed by atoms with Gasteiger partial charge in [-0.05, 0) is 43.0 Å². The minimum Gasteiger partial charge on any atom is -0.342 e. The first-order chi connectivity index (χ1) is 11.7. The monoisotopic (exact) mass is 362 g/mol. The fourth-order valence-corrected chi connectivity index (χ4v) is 4.86. The van der Waals surface area contributed by atoms with Crippen LogP contribution in [-0.4, -0.2) is 44.4 Å². The van der Waals surface area contributed by atoms with Crippen LogP contribution in [0.3, 0.4) is 0 Å². The van der Waals surface area contributed by atoms with E-state index in [0.717, 1.165) is 35.4 Å². The van der Waals surface area contributed by atoms with Crippen LogP contribution in [-0.2, 0) is 4.79 Å². The number of thiophene rings is 1. The van der Waals surface area contributed by atoms with Gasteiger partial charge in [0.1, 0.15) is 0 Å². The van der Waals surface area contributed by atoms with Crippen LogP contribution >= 0.6 is 23.1 Å². The van der Waals surface area contributed by atoms with Crippen LogP contribution in [0.5, 0.6) is 0 Å². The SMILES string of the molecule is CC1CCCN(C(=O)CSc2nnc(-c3cccs3)n2C2CC2)C1. The molecule has 4 rings (SSSR count). The van der Waals surface area contributed by atoms with Crippen LogP contribution in [0.25, 0.3) is 10.7 Å². The Bertz CT molecular complexity index is 708. The van der Waals surface area contributed by atoms with Crippen molar-refractivity contribution in [2.75, 3.05) is 18.8 Å². The van der Waals surface area contributed by atoms with Gasteiger partial charge >= 0.3 is 0 Å². The molecule has 2 fully saturated rings. The molecule has 0 spiro atoms. The Hall–Kier alpha value is -1.34. The quantitative estimate of drug-likeness (QED) is 0.761. The van der Waals surface area contributed by atoms with Crippen LogP contribution in [0.1, 0.15) is 38.6 Å². The zero-order chi connectivity index (χ0) is 16.5. The van der Waals surface area contributed by atoms with Crippen molar-refractivity contribution in [3.05, 3.63) is 17.5 Å². The number of carbonyl (C=O) groups excluding carboxylic acids is 1. The number of aromatic nitrogens is 3.